The van der Waals surface area contributed by atoms with Crippen molar-refractivity contribution >= 4 is 15.0 Å². The zero-order chi connectivity index (χ0) is 9.26. The summed E-state index contributed by atoms with van der Waals surface area (Å²) in [4.78, 5) is 0. The van der Waals surface area contributed by atoms with Crippen LogP contribution in [-0.4, -0.2) is 28.2 Å². The van der Waals surface area contributed by atoms with E-state index in [1.165, 1.54) is 6.42 Å². The Morgan fingerprint density at radius 1 is 1.54 bits per heavy atom. The summed E-state index contributed by atoms with van der Waals surface area (Å²) in [5.41, 5.74) is 1.60. The fourth-order valence-corrected chi connectivity index (χ4v) is 3.50. The molecule has 0 saturated carbocycles. The molecule has 2 rings (SSSR count). The van der Waals surface area contributed by atoms with Crippen molar-refractivity contribution in [2.45, 2.75) is 19.2 Å². The standard InChI is InChI=1S/C11H16OSe/c1-8-3-4-10-9(5-8)6-12-7-11(10)13-2/h3-4,8-9H,5-7H2,1-2H3/t8-,9-/m1/s1. The minimum absolute atomic E-state index is 0.624. The van der Waals surface area contributed by atoms with Crippen LogP contribution in [0.5, 0.6) is 0 Å². The Morgan fingerprint density at radius 3 is 3.15 bits per heavy atom. The molecule has 0 saturated heterocycles. The molecular formula is C11H16OSe. The van der Waals surface area contributed by atoms with Gasteiger partial charge in [0.25, 0.3) is 0 Å². The predicted molar refractivity (Wildman–Crippen MR) is 55.9 cm³/mol. The van der Waals surface area contributed by atoms with Crippen LogP contribution in [0.15, 0.2) is 22.2 Å². The molecule has 2 heteroatoms. The second-order valence-electron chi connectivity index (χ2n) is 3.87. The molecule has 1 aliphatic heterocycles. The summed E-state index contributed by atoms with van der Waals surface area (Å²) < 4.78 is 7.19. The third-order valence-corrected chi connectivity index (χ3v) is 4.60. The van der Waals surface area contributed by atoms with Gasteiger partial charge in [0.1, 0.15) is 0 Å². The van der Waals surface area contributed by atoms with Gasteiger partial charge in [-0.15, -0.1) is 0 Å². The Hall–Kier alpha value is -0.0405. The molecule has 2 aliphatic rings. The molecule has 0 aromatic carbocycles. The fourth-order valence-electron chi connectivity index (χ4n) is 2.09. The van der Waals surface area contributed by atoms with Gasteiger partial charge in [0.05, 0.1) is 0 Å². The molecule has 0 amide bonds. The van der Waals surface area contributed by atoms with Crippen molar-refractivity contribution in [2.24, 2.45) is 11.8 Å². The monoisotopic (exact) mass is 244 g/mol. The van der Waals surface area contributed by atoms with E-state index in [4.69, 9.17) is 4.74 Å². The molecule has 0 unspecified atom stereocenters. The van der Waals surface area contributed by atoms with Crippen LogP contribution in [0.3, 0.4) is 0 Å². The molecule has 0 fully saturated rings. The molecule has 0 radical (unpaired) electrons. The topological polar surface area (TPSA) is 9.23 Å². The van der Waals surface area contributed by atoms with Crippen LogP contribution < -0.4 is 0 Å². The molecule has 72 valence electrons. The number of ether oxygens (including phenoxy) is 1. The molecule has 1 heterocycles. The van der Waals surface area contributed by atoms with Crippen LogP contribution in [0, 0.1) is 11.8 Å². The van der Waals surface area contributed by atoms with E-state index < -0.39 is 0 Å². The first kappa shape index (κ1) is 9.51. The normalized spacial score (nSPS) is 33.4. The molecule has 0 spiro atoms. The van der Waals surface area contributed by atoms with Gasteiger partial charge >= 0.3 is 86.1 Å². The van der Waals surface area contributed by atoms with E-state index in [2.05, 4.69) is 24.9 Å². The van der Waals surface area contributed by atoms with Gasteiger partial charge in [0.15, 0.2) is 0 Å². The number of rotatable bonds is 1. The average Bonchev–Trinajstić information content (AvgIpc) is 2.16. The van der Waals surface area contributed by atoms with Crippen LogP contribution in [0.4, 0.5) is 0 Å². The Balaban J connectivity index is 2.29. The summed E-state index contributed by atoms with van der Waals surface area (Å²) in [5, 5.41) is 0. The van der Waals surface area contributed by atoms with Gasteiger partial charge in [0.2, 0.25) is 0 Å². The van der Waals surface area contributed by atoms with E-state index in [-0.39, 0.29) is 0 Å². The van der Waals surface area contributed by atoms with Crippen LogP contribution >= 0.6 is 0 Å². The van der Waals surface area contributed by atoms with Crippen LogP contribution in [-0.2, 0) is 4.74 Å². The number of allylic oxidation sites excluding steroid dienone is 2. The van der Waals surface area contributed by atoms with Crippen molar-refractivity contribution in [1.29, 1.82) is 0 Å². The molecule has 0 aromatic heterocycles. The van der Waals surface area contributed by atoms with Crippen molar-refractivity contribution < 1.29 is 4.74 Å². The Labute approximate surface area is 86.4 Å². The second kappa shape index (κ2) is 4.00. The second-order valence-corrected chi connectivity index (χ2v) is 5.76. The molecule has 1 nitrogen and oxygen atoms in total. The van der Waals surface area contributed by atoms with E-state index >= 15 is 0 Å². The molecule has 0 N–H and O–H groups in total. The van der Waals surface area contributed by atoms with Gasteiger partial charge in [-0.3, -0.25) is 0 Å². The van der Waals surface area contributed by atoms with Crippen molar-refractivity contribution in [2.75, 3.05) is 13.2 Å². The van der Waals surface area contributed by atoms with Crippen LogP contribution in [0.2, 0.25) is 5.82 Å². The minimum atomic E-state index is 0.624. The third kappa shape index (κ3) is 1.90. The summed E-state index contributed by atoms with van der Waals surface area (Å²) >= 11 is 0.624. The van der Waals surface area contributed by atoms with Gasteiger partial charge in [-0.25, -0.2) is 0 Å². The zero-order valence-corrected chi connectivity index (χ0v) is 9.96. The Bertz CT molecular complexity index is 255. The first-order chi connectivity index (χ1) is 6.31. The third-order valence-electron chi connectivity index (χ3n) is 2.82. The Kier molecular flexibility index (Phi) is 2.92. The van der Waals surface area contributed by atoms with E-state index in [1.54, 1.807) is 10.0 Å². The maximum atomic E-state index is 5.61. The maximum absolute atomic E-state index is 5.61. The SMILES string of the molecule is C[Se]C1=C2C=C[C@@H](C)C[C@@H]2COC1. The van der Waals surface area contributed by atoms with Crippen LogP contribution in [0.1, 0.15) is 13.3 Å². The van der Waals surface area contributed by atoms with Gasteiger partial charge in [-0.1, -0.05) is 0 Å². The molecule has 0 bridgehead atoms. The molecule has 1 aliphatic carbocycles. The zero-order valence-electron chi connectivity index (χ0n) is 8.25. The van der Waals surface area contributed by atoms with Crippen LogP contribution in [0.25, 0.3) is 0 Å². The summed E-state index contributed by atoms with van der Waals surface area (Å²) in [5.74, 6) is 3.72. The Morgan fingerprint density at radius 2 is 2.38 bits per heavy atom. The summed E-state index contributed by atoms with van der Waals surface area (Å²) in [7, 11) is 0. The first-order valence-electron chi connectivity index (χ1n) is 4.84. The number of hydrogen-bond acceptors (Lipinski definition) is 1. The quantitative estimate of drug-likeness (QED) is 0.642. The van der Waals surface area contributed by atoms with E-state index in [0.29, 0.717) is 20.9 Å². The van der Waals surface area contributed by atoms with Crippen molar-refractivity contribution in [3.8, 4) is 0 Å². The van der Waals surface area contributed by atoms with E-state index in [1.807, 2.05) is 0 Å². The van der Waals surface area contributed by atoms with E-state index in [0.717, 1.165) is 19.1 Å². The number of hydrogen-bond donors (Lipinski definition) is 0. The average molecular weight is 243 g/mol. The van der Waals surface area contributed by atoms with E-state index in [9.17, 15) is 0 Å². The molecule has 2 atom stereocenters. The van der Waals surface area contributed by atoms with Crippen molar-refractivity contribution in [1.82, 2.24) is 0 Å². The van der Waals surface area contributed by atoms with Gasteiger partial charge in [-0.2, -0.15) is 0 Å². The predicted octanol–water partition coefficient (Wildman–Crippen LogP) is 2.24. The molecule has 13 heavy (non-hydrogen) atoms. The summed E-state index contributed by atoms with van der Waals surface area (Å²) in [6, 6.07) is 0. The van der Waals surface area contributed by atoms with Gasteiger partial charge in [0, 0.05) is 0 Å². The molecule has 0 aromatic rings. The van der Waals surface area contributed by atoms with Gasteiger partial charge in [-0.05, 0) is 0 Å². The summed E-state index contributed by atoms with van der Waals surface area (Å²) in [6.07, 6.45) is 5.98. The van der Waals surface area contributed by atoms with Crippen molar-refractivity contribution in [3.05, 3.63) is 22.2 Å². The van der Waals surface area contributed by atoms with Crippen molar-refractivity contribution in [3.63, 3.8) is 0 Å². The van der Waals surface area contributed by atoms with Gasteiger partial charge < -0.3 is 0 Å². The summed E-state index contributed by atoms with van der Waals surface area (Å²) in [6.45, 7) is 4.13. The molecular weight excluding hydrogens is 227 g/mol. The number of fused-ring (bicyclic) bond motifs is 1. The fraction of sp³-hybridized carbons (Fsp3) is 0.636. The first-order valence-corrected chi connectivity index (χ1v) is 7.41.